The first-order valence-electron chi connectivity index (χ1n) is 8.16. The van der Waals surface area contributed by atoms with Crippen molar-refractivity contribution in [3.05, 3.63) is 40.6 Å². The Morgan fingerprint density at radius 1 is 1.33 bits per heavy atom. The van der Waals surface area contributed by atoms with Gasteiger partial charge in [-0.05, 0) is 57.9 Å². The van der Waals surface area contributed by atoms with Crippen molar-refractivity contribution in [1.82, 2.24) is 5.43 Å². The van der Waals surface area contributed by atoms with Gasteiger partial charge in [0, 0.05) is 10.6 Å². The summed E-state index contributed by atoms with van der Waals surface area (Å²) in [5, 5.41) is 4.96. The van der Waals surface area contributed by atoms with E-state index in [2.05, 4.69) is 17.5 Å². The van der Waals surface area contributed by atoms with Crippen LogP contribution in [-0.4, -0.2) is 24.6 Å². The number of benzene rings is 1. The molecule has 1 rings (SSSR count). The maximum atomic E-state index is 6.10. The van der Waals surface area contributed by atoms with Crippen molar-refractivity contribution in [2.75, 3.05) is 7.11 Å². The summed E-state index contributed by atoms with van der Waals surface area (Å²) in [7, 11) is 1.65. The fourth-order valence-corrected chi connectivity index (χ4v) is 2.00. The quantitative estimate of drug-likeness (QED) is 0.405. The van der Waals surface area contributed by atoms with Gasteiger partial charge < -0.3 is 10.2 Å². The van der Waals surface area contributed by atoms with E-state index in [1.807, 2.05) is 52.0 Å². The number of hydrogen-bond acceptors (Lipinski definition) is 4. The van der Waals surface area contributed by atoms with Gasteiger partial charge in [0.25, 0.3) is 0 Å². The van der Waals surface area contributed by atoms with E-state index in [1.165, 1.54) is 0 Å². The molecule has 0 atom stereocenters. The van der Waals surface area contributed by atoms with Crippen molar-refractivity contribution >= 4 is 29.2 Å². The van der Waals surface area contributed by atoms with E-state index < -0.39 is 0 Å². The Morgan fingerprint density at radius 2 is 2.04 bits per heavy atom. The zero-order valence-corrected chi connectivity index (χ0v) is 16.2. The van der Waals surface area contributed by atoms with Gasteiger partial charge in [0.05, 0.1) is 19.0 Å². The Hall–Kier alpha value is -1.81. The lowest BCUT2D eigenvalue weighted by molar-refractivity contribution is 0.314. The Bertz CT molecular complexity index is 628. The van der Waals surface area contributed by atoms with Crippen molar-refractivity contribution in [2.24, 2.45) is 10.1 Å². The molecule has 0 aliphatic rings. The predicted molar refractivity (Wildman–Crippen MR) is 105 cm³/mol. The number of aryl methyl sites for hydroxylation is 1. The lowest BCUT2D eigenvalue weighted by Crippen LogP contribution is -2.31. The predicted octanol–water partition coefficient (Wildman–Crippen LogP) is 5.43. The number of unbranched alkanes of at least 4 members (excludes halogenated alkanes) is 1. The molecule has 5 heteroatoms. The Morgan fingerprint density at radius 3 is 2.62 bits per heavy atom. The molecule has 0 heterocycles. The van der Waals surface area contributed by atoms with Crippen LogP contribution in [0.4, 0.5) is 5.69 Å². The monoisotopic (exact) mass is 349 g/mol. The molecule has 0 radical (unpaired) electrons. The van der Waals surface area contributed by atoms with Gasteiger partial charge >= 0.3 is 0 Å². The molecule has 1 aromatic rings. The van der Waals surface area contributed by atoms with Crippen LogP contribution in [0.25, 0.3) is 0 Å². The maximum absolute atomic E-state index is 6.10. The summed E-state index contributed by atoms with van der Waals surface area (Å²) < 4.78 is 5.52. The average Bonchev–Trinajstić information content (AvgIpc) is 2.50. The van der Waals surface area contributed by atoms with Crippen LogP contribution >= 0.6 is 11.6 Å². The van der Waals surface area contributed by atoms with E-state index in [-0.39, 0.29) is 5.54 Å². The second-order valence-electron chi connectivity index (χ2n) is 6.61. The fourth-order valence-electron chi connectivity index (χ4n) is 1.84. The first kappa shape index (κ1) is 20.2. The third-order valence-electron chi connectivity index (χ3n) is 3.09. The first-order chi connectivity index (χ1) is 11.3. The van der Waals surface area contributed by atoms with Crippen LogP contribution in [0, 0.1) is 6.92 Å². The highest BCUT2D eigenvalue weighted by Crippen LogP contribution is 2.24. The molecular formula is C19H28ClN3O. The standard InChI is InChI=1S/C19H28ClN3O/c1-7-8-9-18(24-6)17(13-21-23-19(3,4)5)22-16-12-15(20)11-10-14(16)2/h9-13,23H,7-8H2,1-6H3/b18-9-,21-13+,22-17-. The number of nitrogens with zero attached hydrogens (tertiary/aromatic N) is 2. The molecule has 0 aliphatic carbocycles. The van der Waals surface area contributed by atoms with E-state index in [0.29, 0.717) is 16.5 Å². The summed E-state index contributed by atoms with van der Waals surface area (Å²) in [6, 6.07) is 5.65. The van der Waals surface area contributed by atoms with E-state index in [9.17, 15) is 0 Å². The molecule has 24 heavy (non-hydrogen) atoms. The summed E-state index contributed by atoms with van der Waals surface area (Å²) in [5.74, 6) is 0.704. The molecule has 0 fully saturated rings. The lowest BCUT2D eigenvalue weighted by atomic mass is 10.1. The molecular weight excluding hydrogens is 322 g/mol. The molecule has 0 aliphatic heterocycles. The zero-order chi connectivity index (χ0) is 18.2. The SMILES string of the molecule is CCC/C=C(OC)/C(/C=N/NC(C)(C)C)=N\c1cc(Cl)ccc1C. The number of methoxy groups -OCH3 is 1. The van der Waals surface area contributed by atoms with Crippen LogP contribution in [0.2, 0.25) is 5.02 Å². The van der Waals surface area contributed by atoms with Crippen molar-refractivity contribution in [3.8, 4) is 0 Å². The number of hydrogen-bond donors (Lipinski definition) is 1. The molecule has 1 N–H and O–H groups in total. The van der Waals surface area contributed by atoms with Crippen molar-refractivity contribution in [2.45, 2.75) is 53.0 Å². The highest BCUT2D eigenvalue weighted by Gasteiger charge is 2.10. The van der Waals surface area contributed by atoms with E-state index in [0.717, 1.165) is 24.1 Å². The summed E-state index contributed by atoms with van der Waals surface area (Å²) in [5.41, 5.74) is 5.47. The minimum atomic E-state index is -0.117. The zero-order valence-electron chi connectivity index (χ0n) is 15.5. The highest BCUT2D eigenvalue weighted by atomic mass is 35.5. The highest BCUT2D eigenvalue weighted by molar-refractivity contribution is 6.38. The first-order valence-corrected chi connectivity index (χ1v) is 8.54. The third-order valence-corrected chi connectivity index (χ3v) is 3.32. The number of hydrazone groups is 1. The second-order valence-corrected chi connectivity index (χ2v) is 7.05. The average molecular weight is 350 g/mol. The third kappa shape index (κ3) is 7.18. The summed E-state index contributed by atoms with van der Waals surface area (Å²) in [4.78, 5) is 4.71. The van der Waals surface area contributed by atoms with Crippen LogP contribution in [0.5, 0.6) is 0 Å². The topological polar surface area (TPSA) is 46.0 Å². The largest absolute Gasteiger partial charge is 0.495 e. The van der Waals surface area contributed by atoms with Crippen molar-refractivity contribution in [1.29, 1.82) is 0 Å². The molecule has 0 amide bonds. The number of halogens is 1. The molecule has 0 saturated heterocycles. The van der Waals surface area contributed by atoms with Crippen molar-refractivity contribution < 1.29 is 4.74 Å². The van der Waals surface area contributed by atoms with Gasteiger partial charge in [-0.15, -0.1) is 0 Å². The molecule has 0 unspecified atom stereocenters. The van der Waals surface area contributed by atoms with Gasteiger partial charge in [0.2, 0.25) is 0 Å². The minimum Gasteiger partial charge on any atom is -0.495 e. The van der Waals surface area contributed by atoms with E-state index in [1.54, 1.807) is 13.3 Å². The number of nitrogens with one attached hydrogen (secondary N) is 1. The van der Waals surface area contributed by atoms with Gasteiger partial charge in [-0.25, -0.2) is 4.99 Å². The number of rotatable bonds is 7. The summed E-state index contributed by atoms with van der Waals surface area (Å²) >= 11 is 6.10. The molecule has 132 valence electrons. The molecule has 4 nitrogen and oxygen atoms in total. The van der Waals surface area contributed by atoms with E-state index in [4.69, 9.17) is 21.3 Å². The van der Waals surface area contributed by atoms with E-state index >= 15 is 0 Å². The maximum Gasteiger partial charge on any atom is 0.142 e. The number of aliphatic imine (C=N–C) groups is 1. The molecule has 0 bridgehead atoms. The molecule has 0 saturated carbocycles. The Kier molecular flexibility index (Phi) is 7.99. The molecule has 0 aromatic heterocycles. The Balaban J connectivity index is 3.25. The second kappa shape index (κ2) is 9.48. The number of allylic oxidation sites excluding steroid dienone is 2. The van der Waals surface area contributed by atoms with Crippen LogP contribution in [0.3, 0.4) is 0 Å². The summed E-state index contributed by atoms with van der Waals surface area (Å²) in [6.45, 7) is 10.3. The van der Waals surface area contributed by atoms with Gasteiger partial charge in [-0.1, -0.05) is 31.0 Å². The normalized spacial score (nSPS) is 13.5. The minimum absolute atomic E-state index is 0.117. The van der Waals surface area contributed by atoms with Crippen LogP contribution in [0.15, 0.2) is 40.1 Å². The smallest absolute Gasteiger partial charge is 0.142 e. The molecule has 0 spiro atoms. The fraction of sp³-hybridized carbons (Fsp3) is 0.474. The van der Waals surface area contributed by atoms with Crippen LogP contribution < -0.4 is 5.43 Å². The van der Waals surface area contributed by atoms with Gasteiger partial charge in [0.15, 0.2) is 0 Å². The van der Waals surface area contributed by atoms with Gasteiger partial charge in [-0.2, -0.15) is 5.10 Å². The molecule has 1 aromatic carbocycles. The van der Waals surface area contributed by atoms with Crippen molar-refractivity contribution in [3.63, 3.8) is 0 Å². The summed E-state index contributed by atoms with van der Waals surface area (Å²) in [6.07, 6.45) is 5.67. The Labute approximate surface area is 150 Å². The van der Waals surface area contributed by atoms with Gasteiger partial charge in [-0.3, -0.25) is 0 Å². The van der Waals surface area contributed by atoms with Crippen LogP contribution in [-0.2, 0) is 4.74 Å². The van der Waals surface area contributed by atoms with Gasteiger partial charge in [0.1, 0.15) is 11.5 Å². The number of ether oxygens (including phenoxy) is 1. The lowest BCUT2D eigenvalue weighted by Gasteiger charge is -2.17. The van der Waals surface area contributed by atoms with Crippen LogP contribution in [0.1, 0.15) is 46.1 Å².